The number of rotatable bonds is 2. The number of benzene rings is 1. The maximum atomic E-state index is 3.64. The second-order valence-corrected chi connectivity index (χ2v) is 7.37. The Morgan fingerprint density at radius 2 is 1.65 bits per heavy atom. The monoisotopic (exact) mass is 335 g/mol. The van der Waals surface area contributed by atoms with Crippen molar-refractivity contribution in [2.45, 2.75) is 69.9 Å². The topological polar surface area (TPSA) is 3.24 Å². The third-order valence-corrected chi connectivity index (χ3v) is 5.56. The van der Waals surface area contributed by atoms with E-state index in [0.717, 1.165) is 6.04 Å². The van der Waals surface area contributed by atoms with Gasteiger partial charge in [0.1, 0.15) is 0 Å². The van der Waals surface area contributed by atoms with Crippen LogP contribution in [0.3, 0.4) is 0 Å². The summed E-state index contributed by atoms with van der Waals surface area (Å²) in [6.07, 6.45) is 12.7. The summed E-state index contributed by atoms with van der Waals surface area (Å²) in [6.45, 7) is 1.31. The van der Waals surface area contributed by atoms with Gasteiger partial charge in [0.25, 0.3) is 0 Å². The first-order chi connectivity index (χ1) is 9.84. The molecule has 0 radical (unpaired) electrons. The molecular formula is C18H26BrN. The van der Waals surface area contributed by atoms with E-state index in [2.05, 4.69) is 45.1 Å². The average molecular weight is 336 g/mol. The highest BCUT2D eigenvalue weighted by atomic mass is 79.9. The van der Waals surface area contributed by atoms with Crippen LogP contribution >= 0.6 is 15.9 Å². The van der Waals surface area contributed by atoms with Crippen LogP contribution in [-0.2, 0) is 0 Å². The zero-order valence-electron chi connectivity index (χ0n) is 12.4. The second-order valence-electron chi connectivity index (χ2n) is 6.45. The molecule has 3 rings (SSSR count). The normalized spacial score (nSPS) is 26.4. The molecule has 110 valence electrons. The molecule has 2 heteroatoms. The van der Waals surface area contributed by atoms with E-state index in [1.165, 1.54) is 74.4 Å². The van der Waals surface area contributed by atoms with Crippen LogP contribution in [-0.4, -0.2) is 17.5 Å². The third kappa shape index (κ3) is 3.46. The lowest BCUT2D eigenvalue weighted by molar-refractivity contribution is 0.0849. The van der Waals surface area contributed by atoms with Gasteiger partial charge in [-0.05, 0) is 49.9 Å². The second kappa shape index (κ2) is 7.09. The van der Waals surface area contributed by atoms with Crippen molar-refractivity contribution >= 4 is 15.9 Å². The van der Waals surface area contributed by atoms with Gasteiger partial charge in [0.2, 0.25) is 0 Å². The molecule has 1 nitrogen and oxygen atoms in total. The Morgan fingerprint density at radius 3 is 2.40 bits per heavy atom. The first-order valence-corrected chi connectivity index (χ1v) is 9.15. The van der Waals surface area contributed by atoms with Gasteiger partial charge >= 0.3 is 0 Å². The molecule has 1 heterocycles. The highest BCUT2D eigenvalue weighted by Crippen LogP contribution is 2.36. The summed E-state index contributed by atoms with van der Waals surface area (Å²) < 4.78 is 1.22. The SMILES string of the molecule is Brc1cccc(C2CCCCN2C2CCCCCC2)c1. The zero-order valence-corrected chi connectivity index (χ0v) is 13.9. The Bertz CT molecular complexity index is 423. The summed E-state index contributed by atoms with van der Waals surface area (Å²) in [4.78, 5) is 2.84. The molecule has 1 aliphatic heterocycles. The smallest absolute Gasteiger partial charge is 0.0351 e. The van der Waals surface area contributed by atoms with Crippen molar-refractivity contribution in [3.05, 3.63) is 34.3 Å². The van der Waals surface area contributed by atoms with E-state index in [9.17, 15) is 0 Å². The quantitative estimate of drug-likeness (QED) is 0.626. The molecule has 0 N–H and O–H groups in total. The number of hydrogen-bond donors (Lipinski definition) is 0. The van der Waals surface area contributed by atoms with E-state index in [4.69, 9.17) is 0 Å². The lowest BCUT2D eigenvalue weighted by Crippen LogP contribution is -2.41. The number of halogens is 1. The Morgan fingerprint density at radius 1 is 0.900 bits per heavy atom. The van der Waals surface area contributed by atoms with E-state index in [0.29, 0.717) is 6.04 Å². The number of nitrogens with zero attached hydrogens (tertiary/aromatic N) is 1. The van der Waals surface area contributed by atoms with Crippen molar-refractivity contribution < 1.29 is 0 Å². The van der Waals surface area contributed by atoms with Gasteiger partial charge in [-0.2, -0.15) is 0 Å². The van der Waals surface area contributed by atoms with Crippen LogP contribution in [0.1, 0.15) is 69.4 Å². The van der Waals surface area contributed by atoms with Crippen LogP contribution in [0.15, 0.2) is 28.7 Å². The predicted molar refractivity (Wildman–Crippen MR) is 88.9 cm³/mol. The van der Waals surface area contributed by atoms with E-state index >= 15 is 0 Å². The molecule has 1 saturated heterocycles. The van der Waals surface area contributed by atoms with Crippen LogP contribution in [0, 0.1) is 0 Å². The molecule has 1 aromatic rings. The van der Waals surface area contributed by atoms with Crippen LogP contribution in [0.4, 0.5) is 0 Å². The summed E-state index contributed by atoms with van der Waals surface area (Å²) in [5, 5.41) is 0. The van der Waals surface area contributed by atoms with Crippen LogP contribution < -0.4 is 0 Å². The fourth-order valence-electron chi connectivity index (χ4n) is 4.05. The molecule has 1 unspecified atom stereocenters. The van der Waals surface area contributed by atoms with E-state index in [1.54, 1.807) is 0 Å². The average Bonchev–Trinajstić information content (AvgIpc) is 2.76. The van der Waals surface area contributed by atoms with Crippen molar-refractivity contribution in [3.63, 3.8) is 0 Å². The summed E-state index contributed by atoms with van der Waals surface area (Å²) in [6, 6.07) is 10.5. The molecule has 2 aliphatic rings. The van der Waals surface area contributed by atoms with E-state index in [-0.39, 0.29) is 0 Å². The van der Waals surface area contributed by atoms with Crippen molar-refractivity contribution in [1.82, 2.24) is 4.90 Å². The summed E-state index contributed by atoms with van der Waals surface area (Å²) in [5.74, 6) is 0. The van der Waals surface area contributed by atoms with Gasteiger partial charge in [-0.15, -0.1) is 0 Å². The molecule has 0 aromatic heterocycles. The van der Waals surface area contributed by atoms with Crippen molar-refractivity contribution in [3.8, 4) is 0 Å². The summed E-state index contributed by atoms with van der Waals surface area (Å²) in [7, 11) is 0. The summed E-state index contributed by atoms with van der Waals surface area (Å²) >= 11 is 3.64. The molecule has 20 heavy (non-hydrogen) atoms. The fraction of sp³-hybridized carbons (Fsp3) is 0.667. The highest BCUT2D eigenvalue weighted by molar-refractivity contribution is 9.10. The van der Waals surface area contributed by atoms with Gasteiger partial charge in [-0.3, -0.25) is 4.90 Å². The Labute approximate surface area is 131 Å². The van der Waals surface area contributed by atoms with E-state index in [1.807, 2.05) is 0 Å². The Balaban J connectivity index is 1.79. The minimum absolute atomic E-state index is 0.657. The molecule has 0 bridgehead atoms. The van der Waals surface area contributed by atoms with Crippen molar-refractivity contribution in [2.24, 2.45) is 0 Å². The van der Waals surface area contributed by atoms with Gasteiger partial charge in [0, 0.05) is 16.6 Å². The van der Waals surface area contributed by atoms with Crippen molar-refractivity contribution in [1.29, 1.82) is 0 Å². The molecule has 0 spiro atoms. The molecular weight excluding hydrogens is 310 g/mol. The molecule has 2 fully saturated rings. The number of likely N-dealkylation sites (tertiary alicyclic amines) is 1. The van der Waals surface area contributed by atoms with E-state index < -0.39 is 0 Å². The van der Waals surface area contributed by atoms with Gasteiger partial charge in [0.15, 0.2) is 0 Å². The van der Waals surface area contributed by atoms with Gasteiger partial charge < -0.3 is 0 Å². The maximum absolute atomic E-state index is 3.64. The predicted octanol–water partition coefficient (Wildman–Crippen LogP) is 5.70. The largest absolute Gasteiger partial charge is 0.293 e. The molecule has 1 aliphatic carbocycles. The minimum Gasteiger partial charge on any atom is -0.293 e. The van der Waals surface area contributed by atoms with Gasteiger partial charge in [-0.25, -0.2) is 0 Å². The Hall–Kier alpha value is -0.340. The van der Waals surface area contributed by atoms with Crippen molar-refractivity contribution in [2.75, 3.05) is 6.54 Å². The molecule has 1 atom stereocenters. The standard InChI is InChI=1S/C18H26BrN/c19-16-9-7-8-15(14-16)18-12-5-6-13-20(18)17-10-3-1-2-4-11-17/h7-9,14,17-18H,1-6,10-13H2. The summed E-state index contributed by atoms with van der Waals surface area (Å²) in [5.41, 5.74) is 1.52. The van der Waals surface area contributed by atoms with Crippen LogP contribution in [0.2, 0.25) is 0 Å². The molecule has 0 amide bonds. The first kappa shape index (κ1) is 14.6. The van der Waals surface area contributed by atoms with Crippen LogP contribution in [0.25, 0.3) is 0 Å². The lowest BCUT2D eigenvalue weighted by atomic mass is 9.92. The van der Waals surface area contributed by atoms with Gasteiger partial charge in [-0.1, -0.05) is 60.2 Å². The molecule has 1 aromatic carbocycles. The first-order valence-electron chi connectivity index (χ1n) is 8.36. The lowest BCUT2D eigenvalue weighted by Gasteiger charge is -2.41. The fourth-order valence-corrected chi connectivity index (χ4v) is 4.47. The zero-order chi connectivity index (χ0) is 13.8. The Kier molecular flexibility index (Phi) is 5.17. The maximum Gasteiger partial charge on any atom is 0.0351 e. The number of piperidine rings is 1. The number of hydrogen-bond acceptors (Lipinski definition) is 1. The highest BCUT2D eigenvalue weighted by Gasteiger charge is 2.30. The minimum atomic E-state index is 0.657. The molecule has 1 saturated carbocycles. The third-order valence-electron chi connectivity index (χ3n) is 5.07. The van der Waals surface area contributed by atoms with Crippen LogP contribution in [0.5, 0.6) is 0 Å². The van der Waals surface area contributed by atoms with Gasteiger partial charge in [0.05, 0.1) is 0 Å².